The van der Waals surface area contributed by atoms with Crippen molar-refractivity contribution >= 4 is 39.0 Å². The SMILES string of the molecule is CN(C)c1ccc(C(=Cc2ccc(Br)cc2)c2ccc(N(C)C)cc2)cc1. The van der Waals surface area contributed by atoms with Gasteiger partial charge >= 0.3 is 0 Å². The van der Waals surface area contributed by atoms with Crippen LogP contribution in [0.1, 0.15) is 16.7 Å². The molecule has 2 nitrogen and oxygen atoms in total. The Bertz CT molecular complexity index is 853. The molecule has 3 aromatic carbocycles. The second kappa shape index (κ2) is 8.45. The summed E-state index contributed by atoms with van der Waals surface area (Å²) in [7, 11) is 8.25. The Morgan fingerprint density at radius 3 is 1.41 bits per heavy atom. The van der Waals surface area contributed by atoms with Crippen LogP contribution in [0.4, 0.5) is 11.4 Å². The van der Waals surface area contributed by atoms with Crippen LogP contribution in [0.15, 0.2) is 77.3 Å². The molecular weight excluding hydrogens is 396 g/mol. The normalized spacial score (nSPS) is 10.4. The van der Waals surface area contributed by atoms with Crippen LogP contribution in [0.25, 0.3) is 11.6 Å². The largest absolute Gasteiger partial charge is 0.378 e. The maximum Gasteiger partial charge on any atom is 0.0361 e. The number of hydrogen-bond donors (Lipinski definition) is 0. The molecule has 0 saturated heterocycles. The van der Waals surface area contributed by atoms with Gasteiger partial charge in [-0.2, -0.15) is 0 Å². The van der Waals surface area contributed by atoms with Crippen molar-refractivity contribution in [3.63, 3.8) is 0 Å². The molecule has 0 unspecified atom stereocenters. The molecule has 3 rings (SSSR count). The van der Waals surface area contributed by atoms with E-state index in [1.54, 1.807) is 0 Å². The summed E-state index contributed by atoms with van der Waals surface area (Å²) in [6.45, 7) is 0. The van der Waals surface area contributed by atoms with Crippen LogP contribution in [0.3, 0.4) is 0 Å². The highest BCUT2D eigenvalue weighted by Gasteiger charge is 2.07. The Morgan fingerprint density at radius 2 is 1.04 bits per heavy atom. The van der Waals surface area contributed by atoms with Gasteiger partial charge in [-0.05, 0) is 64.7 Å². The first-order valence-electron chi connectivity index (χ1n) is 8.97. The average Bonchev–Trinajstić information content (AvgIpc) is 2.68. The predicted molar refractivity (Wildman–Crippen MR) is 123 cm³/mol. The summed E-state index contributed by atoms with van der Waals surface area (Å²) in [5.41, 5.74) is 7.21. The van der Waals surface area contributed by atoms with Gasteiger partial charge < -0.3 is 9.80 Å². The molecule has 0 amide bonds. The lowest BCUT2D eigenvalue weighted by Crippen LogP contribution is -2.08. The fourth-order valence-corrected chi connectivity index (χ4v) is 3.20. The van der Waals surface area contributed by atoms with Gasteiger partial charge in [-0.25, -0.2) is 0 Å². The van der Waals surface area contributed by atoms with Gasteiger partial charge in [-0.15, -0.1) is 0 Å². The van der Waals surface area contributed by atoms with Crippen LogP contribution >= 0.6 is 15.9 Å². The van der Waals surface area contributed by atoms with Crippen molar-refractivity contribution in [2.45, 2.75) is 0 Å². The van der Waals surface area contributed by atoms with Crippen LogP contribution in [-0.2, 0) is 0 Å². The molecule has 0 aliphatic carbocycles. The molecule has 138 valence electrons. The molecule has 27 heavy (non-hydrogen) atoms. The first-order valence-corrected chi connectivity index (χ1v) is 9.76. The van der Waals surface area contributed by atoms with Crippen LogP contribution in [0, 0.1) is 0 Å². The van der Waals surface area contributed by atoms with E-state index in [0.717, 1.165) is 4.47 Å². The minimum atomic E-state index is 1.09. The lowest BCUT2D eigenvalue weighted by Gasteiger charge is -2.16. The maximum absolute atomic E-state index is 3.51. The van der Waals surface area contributed by atoms with Crippen molar-refractivity contribution in [3.8, 4) is 0 Å². The number of halogens is 1. The van der Waals surface area contributed by atoms with Crippen molar-refractivity contribution in [1.82, 2.24) is 0 Å². The zero-order valence-corrected chi connectivity index (χ0v) is 17.9. The molecule has 0 bridgehead atoms. The van der Waals surface area contributed by atoms with E-state index in [0.29, 0.717) is 0 Å². The van der Waals surface area contributed by atoms with Gasteiger partial charge in [0.15, 0.2) is 0 Å². The summed E-state index contributed by atoms with van der Waals surface area (Å²) >= 11 is 3.51. The molecule has 0 spiro atoms. The summed E-state index contributed by atoms with van der Waals surface area (Å²) in [4.78, 5) is 4.24. The summed E-state index contributed by atoms with van der Waals surface area (Å²) in [5.74, 6) is 0. The third-order valence-corrected chi connectivity index (χ3v) is 5.10. The topological polar surface area (TPSA) is 6.48 Å². The van der Waals surface area contributed by atoms with E-state index in [-0.39, 0.29) is 0 Å². The number of rotatable bonds is 5. The fourth-order valence-electron chi connectivity index (χ4n) is 2.94. The second-order valence-corrected chi connectivity index (χ2v) is 7.91. The Morgan fingerprint density at radius 1 is 0.630 bits per heavy atom. The summed E-state index contributed by atoms with van der Waals surface area (Å²) in [6, 6.07) is 25.9. The second-order valence-electron chi connectivity index (χ2n) is 6.99. The zero-order chi connectivity index (χ0) is 19.4. The van der Waals surface area contributed by atoms with E-state index >= 15 is 0 Å². The van der Waals surface area contributed by atoms with Crippen molar-refractivity contribution in [3.05, 3.63) is 94.0 Å². The molecule has 0 N–H and O–H groups in total. The maximum atomic E-state index is 3.51. The third kappa shape index (κ3) is 4.81. The number of benzene rings is 3. The Labute approximate surface area is 170 Å². The average molecular weight is 421 g/mol. The third-order valence-electron chi connectivity index (χ3n) is 4.57. The van der Waals surface area contributed by atoms with Gasteiger partial charge in [0.1, 0.15) is 0 Å². The highest BCUT2D eigenvalue weighted by atomic mass is 79.9. The molecule has 3 aromatic rings. The minimum absolute atomic E-state index is 1.09. The predicted octanol–water partition coefficient (Wildman–Crippen LogP) is 6.17. The van der Waals surface area contributed by atoms with Crippen LogP contribution in [0.5, 0.6) is 0 Å². The number of anilines is 2. The number of hydrogen-bond acceptors (Lipinski definition) is 2. The molecule has 0 aliphatic heterocycles. The van der Waals surface area contributed by atoms with Gasteiger partial charge in [0.05, 0.1) is 0 Å². The van der Waals surface area contributed by atoms with Crippen molar-refractivity contribution < 1.29 is 0 Å². The zero-order valence-electron chi connectivity index (χ0n) is 16.3. The van der Waals surface area contributed by atoms with Crippen molar-refractivity contribution in [2.75, 3.05) is 38.0 Å². The summed E-state index contributed by atoms with van der Waals surface area (Å²) < 4.78 is 1.09. The fraction of sp³-hybridized carbons (Fsp3) is 0.167. The van der Waals surface area contributed by atoms with E-state index in [9.17, 15) is 0 Å². The molecule has 0 radical (unpaired) electrons. The Balaban J connectivity index is 2.06. The van der Waals surface area contributed by atoms with Gasteiger partial charge in [0.2, 0.25) is 0 Å². The summed E-state index contributed by atoms with van der Waals surface area (Å²) in [6.07, 6.45) is 2.25. The van der Waals surface area contributed by atoms with Crippen LogP contribution in [0.2, 0.25) is 0 Å². The molecular formula is C24H25BrN2. The van der Waals surface area contributed by atoms with Crippen LogP contribution in [-0.4, -0.2) is 28.2 Å². The summed E-state index contributed by atoms with van der Waals surface area (Å²) in [5, 5.41) is 0. The monoisotopic (exact) mass is 420 g/mol. The van der Waals surface area contributed by atoms with Crippen molar-refractivity contribution in [2.24, 2.45) is 0 Å². The quantitative estimate of drug-likeness (QED) is 0.455. The standard InChI is InChI=1S/C24H25BrN2/c1-26(2)22-13-7-19(8-14-22)24(17-18-5-11-21(25)12-6-18)20-9-15-23(16-10-20)27(3)4/h5-17H,1-4H3. The first-order chi connectivity index (χ1) is 12.9. The molecule has 0 aromatic heterocycles. The first kappa shape index (κ1) is 19.2. The van der Waals surface area contributed by atoms with Gasteiger partial charge in [0, 0.05) is 44.0 Å². The minimum Gasteiger partial charge on any atom is -0.378 e. The molecule has 0 heterocycles. The molecule has 0 aliphatic rings. The van der Waals surface area contributed by atoms with Crippen molar-refractivity contribution in [1.29, 1.82) is 0 Å². The highest BCUT2D eigenvalue weighted by molar-refractivity contribution is 9.10. The van der Waals surface area contributed by atoms with Crippen LogP contribution < -0.4 is 9.80 Å². The van der Waals surface area contributed by atoms with E-state index in [4.69, 9.17) is 0 Å². The molecule has 0 saturated carbocycles. The Kier molecular flexibility index (Phi) is 6.02. The Hall–Kier alpha value is -2.52. The van der Waals surface area contributed by atoms with Gasteiger partial charge in [-0.3, -0.25) is 0 Å². The smallest absolute Gasteiger partial charge is 0.0361 e. The van der Waals surface area contributed by atoms with E-state index < -0.39 is 0 Å². The highest BCUT2D eigenvalue weighted by Crippen LogP contribution is 2.29. The van der Waals surface area contributed by atoms with E-state index in [1.807, 2.05) is 0 Å². The van der Waals surface area contributed by atoms with Gasteiger partial charge in [0.25, 0.3) is 0 Å². The molecule has 0 fully saturated rings. The lowest BCUT2D eigenvalue weighted by atomic mass is 9.95. The molecule has 0 atom stereocenters. The molecule has 3 heteroatoms. The lowest BCUT2D eigenvalue weighted by molar-refractivity contribution is 1.13. The van der Waals surface area contributed by atoms with E-state index in [1.165, 1.54) is 33.6 Å². The van der Waals surface area contributed by atoms with E-state index in [2.05, 4.69) is 133 Å². The van der Waals surface area contributed by atoms with Gasteiger partial charge in [-0.1, -0.05) is 52.3 Å². The number of nitrogens with zero attached hydrogens (tertiary/aromatic N) is 2.